The first-order valence-electron chi connectivity index (χ1n) is 5.29. The van der Waals surface area contributed by atoms with E-state index in [1.54, 1.807) is 6.07 Å². The number of nitrogens with zero attached hydrogens (tertiary/aromatic N) is 2. The van der Waals surface area contributed by atoms with Crippen LogP contribution in [-0.2, 0) is 0 Å². The van der Waals surface area contributed by atoms with Crippen LogP contribution >= 0.6 is 0 Å². The lowest BCUT2D eigenvalue weighted by Crippen LogP contribution is -2.22. The van der Waals surface area contributed by atoms with Crippen molar-refractivity contribution < 1.29 is 4.92 Å². The Kier molecular flexibility index (Phi) is 5.21. The van der Waals surface area contributed by atoms with Crippen LogP contribution in [0, 0.1) is 10.1 Å². The molecule has 16 heavy (non-hydrogen) atoms. The van der Waals surface area contributed by atoms with E-state index < -0.39 is 4.92 Å². The second kappa shape index (κ2) is 6.73. The molecule has 0 spiro atoms. The minimum Gasteiger partial charge on any atom is -0.381 e. The fraction of sp³-hybridized carbons (Fsp3) is 0.500. The molecule has 0 saturated heterocycles. The molecular weight excluding hydrogens is 208 g/mol. The van der Waals surface area contributed by atoms with Gasteiger partial charge in [-0.2, -0.15) is 0 Å². The molecule has 0 atom stereocenters. The highest BCUT2D eigenvalue weighted by molar-refractivity contribution is 5.43. The monoisotopic (exact) mass is 224 g/mol. The maximum absolute atomic E-state index is 10.4. The van der Waals surface area contributed by atoms with Crippen LogP contribution < -0.4 is 10.6 Å². The van der Waals surface area contributed by atoms with E-state index in [2.05, 4.69) is 22.5 Å². The largest absolute Gasteiger partial charge is 0.381 e. The summed E-state index contributed by atoms with van der Waals surface area (Å²) in [7, 11) is 0. The fourth-order valence-electron chi connectivity index (χ4n) is 1.20. The molecule has 0 fully saturated rings. The van der Waals surface area contributed by atoms with Gasteiger partial charge in [0.1, 0.15) is 0 Å². The van der Waals surface area contributed by atoms with Crippen molar-refractivity contribution in [2.24, 2.45) is 0 Å². The second-order valence-electron chi connectivity index (χ2n) is 3.34. The minimum absolute atomic E-state index is 0.130. The summed E-state index contributed by atoms with van der Waals surface area (Å²) in [5, 5.41) is 16.7. The van der Waals surface area contributed by atoms with Crippen molar-refractivity contribution in [1.82, 2.24) is 10.3 Å². The topological polar surface area (TPSA) is 80.1 Å². The van der Waals surface area contributed by atoms with E-state index in [4.69, 9.17) is 0 Å². The molecular formula is C10H16N4O2. The standard InChI is InChI=1S/C10H16N4O2/c1-2-5-11-6-7-12-9-3-4-10(13-8-9)14(15)16/h3-4,8,11-12H,2,5-7H2,1H3. The van der Waals surface area contributed by atoms with Crippen molar-refractivity contribution in [3.63, 3.8) is 0 Å². The number of hydrogen-bond donors (Lipinski definition) is 2. The van der Waals surface area contributed by atoms with Gasteiger partial charge in [-0.25, -0.2) is 0 Å². The zero-order chi connectivity index (χ0) is 11.8. The quantitative estimate of drug-likeness (QED) is 0.415. The van der Waals surface area contributed by atoms with Crippen LogP contribution in [0.1, 0.15) is 13.3 Å². The number of pyridine rings is 1. The third kappa shape index (κ3) is 4.22. The predicted octanol–water partition coefficient (Wildman–Crippen LogP) is 1.40. The normalized spacial score (nSPS) is 10.1. The van der Waals surface area contributed by atoms with Crippen LogP contribution in [0.3, 0.4) is 0 Å². The summed E-state index contributed by atoms with van der Waals surface area (Å²) < 4.78 is 0. The Labute approximate surface area is 94.2 Å². The van der Waals surface area contributed by atoms with E-state index in [0.717, 1.165) is 31.7 Å². The number of aromatic nitrogens is 1. The van der Waals surface area contributed by atoms with Gasteiger partial charge in [-0.15, -0.1) is 0 Å². The van der Waals surface area contributed by atoms with Crippen molar-refractivity contribution in [2.75, 3.05) is 25.0 Å². The maximum atomic E-state index is 10.4. The molecule has 0 aliphatic carbocycles. The molecule has 0 aromatic carbocycles. The van der Waals surface area contributed by atoms with Crippen molar-refractivity contribution in [3.05, 3.63) is 28.4 Å². The van der Waals surface area contributed by atoms with Crippen LogP contribution in [-0.4, -0.2) is 29.5 Å². The highest BCUT2D eigenvalue weighted by Crippen LogP contribution is 2.10. The molecule has 1 aromatic rings. The van der Waals surface area contributed by atoms with Crippen LogP contribution in [0.2, 0.25) is 0 Å². The van der Waals surface area contributed by atoms with Gasteiger partial charge in [0.25, 0.3) is 0 Å². The van der Waals surface area contributed by atoms with E-state index in [-0.39, 0.29) is 5.82 Å². The highest BCUT2D eigenvalue weighted by Gasteiger charge is 2.05. The van der Waals surface area contributed by atoms with E-state index in [9.17, 15) is 10.1 Å². The molecule has 1 rings (SSSR count). The molecule has 1 heterocycles. The van der Waals surface area contributed by atoms with Crippen molar-refractivity contribution in [1.29, 1.82) is 0 Å². The Hall–Kier alpha value is -1.69. The second-order valence-corrected chi connectivity index (χ2v) is 3.34. The lowest BCUT2D eigenvalue weighted by Gasteiger charge is -2.05. The number of rotatable bonds is 7. The molecule has 0 aliphatic heterocycles. The zero-order valence-electron chi connectivity index (χ0n) is 9.27. The Morgan fingerprint density at radius 1 is 1.38 bits per heavy atom. The fourth-order valence-corrected chi connectivity index (χ4v) is 1.20. The Morgan fingerprint density at radius 2 is 2.19 bits per heavy atom. The van der Waals surface area contributed by atoms with Crippen molar-refractivity contribution in [2.45, 2.75) is 13.3 Å². The van der Waals surface area contributed by atoms with E-state index in [1.807, 2.05) is 0 Å². The number of nitrogens with one attached hydrogen (secondary N) is 2. The number of nitro groups is 1. The third-order valence-corrected chi connectivity index (χ3v) is 1.99. The predicted molar refractivity (Wildman–Crippen MR) is 62.5 cm³/mol. The van der Waals surface area contributed by atoms with Gasteiger partial charge in [0, 0.05) is 19.2 Å². The average molecular weight is 224 g/mol. The Balaban J connectivity index is 2.29. The average Bonchev–Trinajstić information content (AvgIpc) is 2.29. The van der Waals surface area contributed by atoms with Crippen LogP contribution in [0.5, 0.6) is 0 Å². The molecule has 0 bridgehead atoms. The van der Waals surface area contributed by atoms with Gasteiger partial charge in [-0.1, -0.05) is 6.92 Å². The van der Waals surface area contributed by atoms with Gasteiger partial charge in [0.2, 0.25) is 0 Å². The van der Waals surface area contributed by atoms with Gasteiger partial charge in [0.15, 0.2) is 6.20 Å². The number of hydrogen-bond acceptors (Lipinski definition) is 5. The molecule has 88 valence electrons. The van der Waals surface area contributed by atoms with Gasteiger partial charge in [-0.05, 0) is 28.9 Å². The Morgan fingerprint density at radius 3 is 2.75 bits per heavy atom. The molecule has 0 amide bonds. The first kappa shape index (κ1) is 12.4. The molecule has 1 aromatic heterocycles. The smallest absolute Gasteiger partial charge is 0.363 e. The minimum atomic E-state index is -0.507. The molecule has 2 N–H and O–H groups in total. The molecule has 0 radical (unpaired) electrons. The summed E-state index contributed by atoms with van der Waals surface area (Å²) in [6, 6.07) is 3.05. The van der Waals surface area contributed by atoms with Gasteiger partial charge in [0.05, 0.1) is 5.69 Å². The van der Waals surface area contributed by atoms with Crippen LogP contribution in [0.25, 0.3) is 0 Å². The SMILES string of the molecule is CCCNCCNc1ccc([N+](=O)[O-])nc1. The maximum Gasteiger partial charge on any atom is 0.363 e. The number of anilines is 1. The van der Waals surface area contributed by atoms with E-state index >= 15 is 0 Å². The third-order valence-electron chi connectivity index (χ3n) is 1.99. The first-order valence-corrected chi connectivity index (χ1v) is 5.29. The first-order chi connectivity index (χ1) is 7.74. The molecule has 0 unspecified atom stereocenters. The molecule has 6 heteroatoms. The summed E-state index contributed by atoms with van der Waals surface area (Å²) in [5.41, 5.74) is 0.795. The summed E-state index contributed by atoms with van der Waals surface area (Å²) in [6.45, 7) is 4.76. The van der Waals surface area contributed by atoms with Crippen molar-refractivity contribution >= 4 is 11.5 Å². The van der Waals surface area contributed by atoms with Crippen molar-refractivity contribution in [3.8, 4) is 0 Å². The van der Waals surface area contributed by atoms with Gasteiger partial charge >= 0.3 is 5.82 Å². The summed E-state index contributed by atoms with van der Waals surface area (Å²) in [4.78, 5) is 13.6. The highest BCUT2D eigenvalue weighted by atomic mass is 16.6. The van der Waals surface area contributed by atoms with Crippen LogP contribution in [0.4, 0.5) is 11.5 Å². The summed E-state index contributed by atoms with van der Waals surface area (Å²) >= 11 is 0. The molecule has 0 aliphatic rings. The van der Waals surface area contributed by atoms with E-state index in [0.29, 0.717) is 0 Å². The van der Waals surface area contributed by atoms with Crippen LogP contribution in [0.15, 0.2) is 18.3 Å². The van der Waals surface area contributed by atoms with E-state index in [1.165, 1.54) is 12.3 Å². The summed E-state index contributed by atoms with van der Waals surface area (Å²) in [5.74, 6) is -0.130. The lowest BCUT2D eigenvalue weighted by molar-refractivity contribution is -0.389. The summed E-state index contributed by atoms with van der Waals surface area (Å²) in [6.07, 6.45) is 2.58. The lowest BCUT2D eigenvalue weighted by atomic mass is 10.4. The van der Waals surface area contributed by atoms with Gasteiger partial charge in [-0.3, -0.25) is 0 Å². The molecule has 6 nitrogen and oxygen atoms in total. The zero-order valence-corrected chi connectivity index (χ0v) is 9.27. The molecule has 0 saturated carbocycles. The Bertz CT molecular complexity index is 326. The van der Waals surface area contributed by atoms with Gasteiger partial charge < -0.3 is 20.7 Å².